The molecule has 0 unspecified atom stereocenters. The van der Waals surface area contributed by atoms with E-state index in [1.165, 1.54) is 16.6 Å². The first-order valence-corrected chi connectivity index (χ1v) is 9.83. The number of aromatic nitrogens is 3. The molecule has 1 N–H and O–H groups in total. The van der Waals surface area contributed by atoms with Crippen LogP contribution in [0.25, 0.3) is 0 Å². The van der Waals surface area contributed by atoms with Crippen LogP contribution in [0.1, 0.15) is 43.7 Å². The van der Waals surface area contributed by atoms with Gasteiger partial charge in [0.2, 0.25) is 5.95 Å². The Morgan fingerprint density at radius 2 is 2.07 bits per heavy atom. The first-order valence-electron chi connectivity index (χ1n) is 9.83. The lowest BCUT2D eigenvalue weighted by Crippen LogP contribution is -2.47. The molecule has 0 radical (unpaired) electrons. The summed E-state index contributed by atoms with van der Waals surface area (Å²) in [5.41, 5.74) is 1.35. The van der Waals surface area contributed by atoms with Crippen molar-refractivity contribution in [2.45, 2.75) is 50.6 Å². The number of hydrogen-bond acceptors (Lipinski definition) is 4. The lowest BCUT2D eigenvalue weighted by molar-refractivity contribution is 0.0552. The molecule has 2 aromatic rings. The van der Waals surface area contributed by atoms with Gasteiger partial charge in [-0.25, -0.2) is 13.5 Å². The predicted octanol–water partition coefficient (Wildman–Crippen LogP) is 3.78. The van der Waals surface area contributed by atoms with Gasteiger partial charge in [-0.15, -0.1) is 0 Å². The van der Waals surface area contributed by atoms with Gasteiger partial charge < -0.3 is 10.2 Å². The van der Waals surface area contributed by atoms with Crippen molar-refractivity contribution >= 4 is 5.95 Å². The van der Waals surface area contributed by atoms with Crippen LogP contribution in [0.5, 0.6) is 0 Å². The fraction of sp³-hybridized carbons (Fsp3) is 0.600. The van der Waals surface area contributed by atoms with Crippen LogP contribution >= 0.6 is 0 Å². The van der Waals surface area contributed by atoms with Gasteiger partial charge in [-0.1, -0.05) is 37.3 Å². The Bertz CT molecular complexity index is 735. The quantitative estimate of drug-likeness (QED) is 0.864. The summed E-state index contributed by atoms with van der Waals surface area (Å²) in [5, 5.41) is 7.35. The molecular weight excluding hydrogens is 348 g/mol. The standard InChI is InChI=1S/C20H27F2N5/c1-14(15-6-3-2-4-7-15)11-26-9-5-8-16(12-26)17-10-18(19(21)22)27-20(25-17)23-13-24-27/h2-4,6-7,13-14,16-19H,5,8-12H2,1H3,(H,23,24,25)/t14-,16+,17-,18+/m0/s1. The molecule has 4 rings (SSSR count). The number of benzene rings is 1. The number of anilines is 1. The fourth-order valence-corrected chi connectivity index (χ4v) is 4.56. The molecule has 1 aromatic carbocycles. The highest BCUT2D eigenvalue weighted by molar-refractivity contribution is 5.29. The second-order valence-electron chi connectivity index (χ2n) is 7.89. The van der Waals surface area contributed by atoms with E-state index in [1.807, 2.05) is 6.07 Å². The monoisotopic (exact) mass is 375 g/mol. The molecule has 1 saturated heterocycles. The Hall–Kier alpha value is -2.02. The van der Waals surface area contributed by atoms with Crippen LogP contribution in [0.4, 0.5) is 14.7 Å². The predicted molar refractivity (Wildman–Crippen MR) is 101 cm³/mol. The molecule has 1 aromatic heterocycles. The molecule has 0 bridgehead atoms. The van der Waals surface area contributed by atoms with E-state index in [4.69, 9.17) is 0 Å². The second kappa shape index (κ2) is 7.92. The molecule has 3 heterocycles. The Kier molecular flexibility index (Phi) is 5.38. The molecule has 27 heavy (non-hydrogen) atoms. The zero-order valence-corrected chi connectivity index (χ0v) is 15.6. The van der Waals surface area contributed by atoms with Gasteiger partial charge in [-0.2, -0.15) is 10.1 Å². The first kappa shape index (κ1) is 18.3. The minimum atomic E-state index is -2.42. The van der Waals surface area contributed by atoms with Crippen molar-refractivity contribution in [3.05, 3.63) is 42.2 Å². The minimum Gasteiger partial charge on any atom is -0.351 e. The SMILES string of the molecule is C[C@@H](CN1CCC[C@@H]([C@@H]2C[C@H](C(F)F)n3ncnc3N2)C1)c1ccccc1. The maximum atomic E-state index is 13.5. The lowest BCUT2D eigenvalue weighted by atomic mass is 9.85. The van der Waals surface area contributed by atoms with Crippen LogP contribution in [0, 0.1) is 5.92 Å². The van der Waals surface area contributed by atoms with Gasteiger partial charge in [0, 0.05) is 19.1 Å². The number of nitrogens with one attached hydrogen (secondary N) is 1. The number of fused-ring (bicyclic) bond motifs is 1. The lowest BCUT2D eigenvalue weighted by Gasteiger charge is -2.41. The Morgan fingerprint density at radius 1 is 1.26 bits per heavy atom. The maximum absolute atomic E-state index is 13.5. The zero-order valence-electron chi connectivity index (χ0n) is 15.6. The van der Waals surface area contributed by atoms with Crippen molar-refractivity contribution in [2.24, 2.45) is 5.92 Å². The summed E-state index contributed by atoms with van der Waals surface area (Å²) < 4.78 is 28.4. The molecule has 2 aliphatic heterocycles. The van der Waals surface area contributed by atoms with Crippen LogP contribution in [-0.2, 0) is 0 Å². The van der Waals surface area contributed by atoms with Gasteiger partial charge in [0.1, 0.15) is 12.4 Å². The van der Waals surface area contributed by atoms with E-state index in [1.54, 1.807) is 0 Å². The first-order chi connectivity index (χ1) is 13.1. The molecule has 0 saturated carbocycles. The van der Waals surface area contributed by atoms with Gasteiger partial charge in [-0.05, 0) is 43.2 Å². The number of hydrogen-bond donors (Lipinski definition) is 1. The van der Waals surface area contributed by atoms with Crippen molar-refractivity contribution < 1.29 is 8.78 Å². The molecule has 1 fully saturated rings. The number of alkyl halides is 2. The molecule has 0 amide bonds. The number of piperidine rings is 1. The van der Waals surface area contributed by atoms with Crippen LogP contribution in [0.2, 0.25) is 0 Å². The van der Waals surface area contributed by atoms with Crippen LogP contribution in [0.3, 0.4) is 0 Å². The van der Waals surface area contributed by atoms with Gasteiger partial charge in [0.15, 0.2) is 0 Å². The molecular formula is C20H27F2N5. The van der Waals surface area contributed by atoms with Gasteiger partial charge in [-0.3, -0.25) is 0 Å². The number of rotatable bonds is 5. The van der Waals surface area contributed by atoms with Crippen molar-refractivity contribution in [3.63, 3.8) is 0 Å². The number of halogens is 2. The third kappa shape index (κ3) is 3.98. The molecule has 2 aliphatic rings. The summed E-state index contributed by atoms with van der Waals surface area (Å²) in [6.07, 6.45) is 1.51. The summed E-state index contributed by atoms with van der Waals surface area (Å²) in [6, 6.07) is 9.70. The van der Waals surface area contributed by atoms with Crippen molar-refractivity contribution in [3.8, 4) is 0 Å². The Labute approximate surface area is 158 Å². The molecule has 0 spiro atoms. The van der Waals surface area contributed by atoms with E-state index in [-0.39, 0.29) is 6.04 Å². The third-order valence-corrected chi connectivity index (χ3v) is 6.00. The van der Waals surface area contributed by atoms with E-state index in [9.17, 15) is 8.78 Å². The Balaban J connectivity index is 1.41. The fourth-order valence-electron chi connectivity index (χ4n) is 4.56. The van der Waals surface area contributed by atoms with Gasteiger partial charge >= 0.3 is 0 Å². The normalized spacial score (nSPS) is 27.2. The van der Waals surface area contributed by atoms with E-state index in [0.717, 1.165) is 32.5 Å². The average Bonchev–Trinajstić information content (AvgIpc) is 3.16. The smallest absolute Gasteiger partial charge is 0.260 e. The highest BCUT2D eigenvalue weighted by Crippen LogP contribution is 2.35. The highest BCUT2D eigenvalue weighted by atomic mass is 19.3. The summed E-state index contributed by atoms with van der Waals surface area (Å²) >= 11 is 0. The maximum Gasteiger partial charge on any atom is 0.260 e. The molecule has 4 atom stereocenters. The van der Waals surface area contributed by atoms with Crippen molar-refractivity contribution in [1.82, 2.24) is 19.7 Å². The zero-order chi connectivity index (χ0) is 18.8. The molecule has 7 heteroatoms. The summed E-state index contributed by atoms with van der Waals surface area (Å²) in [7, 11) is 0. The average molecular weight is 375 g/mol. The highest BCUT2D eigenvalue weighted by Gasteiger charge is 2.38. The minimum absolute atomic E-state index is 0.0236. The summed E-state index contributed by atoms with van der Waals surface area (Å²) in [5.74, 6) is 1.29. The van der Waals surface area contributed by atoms with Crippen LogP contribution in [-0.4, -0.2) is 51.8 Å². The topological polar surface area (TPSA) is 46.0 Å². The van der Waals surface area contributed by atoms with Gasteiger partial charge in [0.25, 0.3) is 6.43 Å². The van der Waals surface area contributed by atoms with Crippen molar-refractivity contribution in [2.75, 3.05) is 25.0 Å². The van der Waals surface area contributed by atoms with E-state index < -0.39 is 12.5 Å². The second-order valence-corrected chi connectivity index (χ2v) is 7.89. The van der Waals surface area contributed by atoms with E-state index >= 15 is 0 Å². The largest absolute Gasteiger partial charge is 0.351 e. The van der Waals surface area contributed by atoms with Crippen LogP contribution in [0.15, 0.2) is 36.7 Å². The van der Waals surface area contributed by atoms with Crippen LogP contribution < -0.4 is 5.32 Å². The summed E-state index contributed by atoms with van der Waals surface area (Å²) in [6.45, 7) is 5.28. The van der Waals surface area contributed by atoms with E-state index in [2.05, 4.69) is 51.5 Å². The molecule has 146 valence electrons. The number of likely N-dealkylation sites (tertiary alicyclic amines) is 1. The van der Waals surface area contributed by atoms with Gasteiger partial charge in [0.05, 0.1) is 0 Å². The van der Waals surface area contributed by atoms with E-state index in [0.29, 0.717) is 24.2 Å². The summed E-state index contributed by atoms with van der Waals surface area (Å²) in [4.78, 5) is 6.63. The number of nitrogens with zero attached hydrogens (tertiary/aromatic N) is 4. The third-order valence-electron chi connectivity index (χ3n) is 6.00. The molecule has 0 aliphatic carbocycles. The Morgan fingerprint density at radius 3 is 2.85 bits per heavy atom. The molecule has 5 nitrogen and oxygen atoms in total. The van der Waals surface area contributed by atoms with Crippen molar-refractivity contribution in [1.29, 1.82) is 0 Å².